The van der Waals surface area contributed by atoms with Crippen molar-refractivity contribution in [3.8, 4) is 0 Å². The molecule has 0 bridgehead atoms. The zero-order chi connectivity index (χ0) is 19.0. The second-order valence-electron chi connectivity index (χ2n) is 6.86. The molecule has 6 heteroatoms. The molecule has 2 aromatic carbocycles. The van der Waals surface area contributed by atoms with Crippen molar-refractivity contribution in [3.63, 3.8) is 0 Å². The lowest BCUT2D eigenvalue weighted by molar-refractivity contribution is -0.402. The summed E-state index contributed by atoms with van der Waals surface area (Å²) in [5.74, 6) is 0.338. The molecule has 1 aliphatic rings. The second kappa shape index (κ2) is 6.79. The minimum absolute atomic E-state index is 0.232. The highest BCUT2D eigenvalue weighted by atomic mass is 16.6. The fourth-order valence-corrected chi connectivity index (χ4v) is 3.53. The molecule has 27 heavy (non-hydrogen) atoms. The van der Waals surface area contributed by atoms with Gasteiger partial charge < -0.3 is 14.2 Å². The molecule has 6 nitrogen and oxygen atoms in total. The number of hydrogen-bond donors (Lipinski definition) is 0. The molecule has 0 amide bonds. The first-order valence-corrected chi connectivity index (χ1v) is 8.94. The molecule has 1 aliphatic heterocycles. The van der Waals surface area contributed by atoms with E-state index >= 15 is 0 Å². The largest absolute Gasteiger partial charge is 0.433 e. The highest BCUT2D eigenvalue weighted by molar-refractivity contribution is 5.59. The van der Waals surface area contributed by atoms with Crippen LogP contribution >= 0.6 is 0 Å². The second-order valence-corrected chi connectivity index (χ2v) is 6.86. The van der Waals surface area contributed by atoms with Gasteiger partial charge in [0.1, 0.15) is 4.92 Å². The summed E-state index contributed by atoms with van der Waals surface area (Å²) in [6.45, 7) is 5.71. The van der Waals surface area contributed by atoms with Crippen LogP contribution in [0.3, 0.4) is 0 Å². The molecule has 0 aliphatic carbocycles. The van der Waals surface area contributed by atoms with Crippen molar-refractivity contribution in [3.05, 3.63) is 87.7 Å². The Bertz CT molecular complexity index is 894. The van der Waals surface area contributed by atoms with E-state index in [1.54, 1.807) is 6.07 Å². The zero-order valence-corrected chi connectivity index (χ0v) is 15.3. The first kappa shape index (κ1) is 17.1. The minimum Gasteiger partial charge on any atom is -0.402 e. The number of nitrogens with zero attached hydrogens (tertiary/aromatic N) is 3. The van der Waals surface area contributed by atoms with E-state index in [-0.39, 0.29) is 12.0 Å². The summed E-state index contributed by atoms with van der Waals surface area (Å²) in [6, 6.07) is 19.8. The number of nitro groups is 1. The van der Waals surface area contributed by atoms with Crippen molar-refractivity contribution in [1.82, 2.24) is 0 Å². The highest BCUT2D eigenvalue weighted by Crippen LogP contribution is 2.39. The quantitative estimate of drug-likeness (QED) is 0.491. The lowest BCUT2D eigenvalue weighted by atomic mass is 10.2. The third-order valence-corrected chi connectivity index (χ3v) is 4.95. The molecule has 3 aromatic rings. The van der Waals surface area contributed by atoms with Crippen molar-refractivity contribution in [2.45, 2.75) is 20.0 Å². The number of furan rings is 1. The fraction of sp³-hybridized carbons (Fsp3) is 0.238. The van der Waals surface area contributed by atoms with Crippen molar-refractivity contribution >= 4 is 17.3 Å². The molecule has 1 aromatic heterocycles. The van der Waals surface area contributed by atoms with Crippen molar-refractivity contribution < 1.29 is 9.34 Å². The molecule has 1 fully saturated rings. The lowest BCUT2D eigenvalue weighted by Crippen LogP contribution is -2.30. The van der Waals surface area contributed by atoms with E-state index in [9.17, 15) is 10.1 Å². The van der Waals surface area contributed by atoms with Gasteiger partial charge in [-0.2, -0.15) is 0 Å². The smallest absolute Gasteiger partial charge is 0.402 e. The first-order chi connectivity index (χ1) is 13.0. The normalized spacial score (nSPS) is 14.7. The maximum Gasteiger partial charge on any atom is 0.433 e. The summed E-state index contributed by atoms with van der Waals surface area (Å²) < 4.78 is 5.60. The van der Waals surface area contributed by atoms with Gasteiger partial charge in [0.25, 0.3) is 0 Å². The van der Waals surface area contributed by atoms with Crippen LogP contribution in [0.2, 0.25) is 0 Å². The predicted molar refractivity (Wildman–Crippen MR) is 105 cm³/mol. The van der Waals surface area contributed by atoms with E-state index in [0.29, 0.717) is 5.76 Å². The zero-order valence-electron chi connectivity index (χ0n) is 15.3. The van der Waals surface area contributed by atoms with Gasteiger partial charge in [-0.15, -0.1) is 0 Å². The van der Waals surface area contributed by atoms with Gasteiger partial charge in [-0.1, -0.05) is 35.4 Å². The van der Waals surface area contributed by atoms with Crippen LogP contribution in [-0.2, 0) is 0 Å². The number of aryl methyl sites for hydroxylation is 2. The Morgan fingerprint density at radius 1 is 0.852 bits per heavy atom. The number of anilines is 2. The molecule has 138 valence electrons. The highest BCUT2D eigenvalue weighted by Gasteiger charge is 2.36. The molecule has 0 spiro atoms. The summed E-state index contributed by atoms with van der Waals surface area (Å²) in [4.78, 5) is 15.0. The monoisotopic (exact) mass is 363 g/mol. The molecule has 0 N–H and O–H groups in total. The SMILES string of the molecule is Cc1ccc(N2CCN(c3ccc(C)cc3)C2c2ccc([N+](=O)[O-])o2)cc1. The molecular weight excluding hydrogens is 342 g/mol. The Morgan fingerprint density at radius 3 is 1.74 bits per heavy atom. The Kier molecular flexibility index (Phi) is 4.32. The Balaban J connectivity index is 1.75. The molecular formula is C21H21N3O3. The van der Waals surface area contributed by atoms with Gasteiger partial charge in [0.15, 0.2) is 11.9 Å². The van der Waals surface area contributed by atoms with Crippen LogP contribution in [0.1, 0.15) is 23.1 Å². The topological polar surface area (TPSA) is 62.8 Å². The molecule has 0 unspecified atom stereocenters. The van der Waals surface area contributed by atoms with Gasteiger partial charge in [0, 0.05) is 24.5 Å². The number of hydrogen-bond acceptors (Lipinski definition) is 5. The van der Waals surface area contributed by atoms with E-state index in [2.05, 4.69) is 72.2 Å². The molecule has 0 atom stereocenters. The molecule has 1 saturated heterocycles. The first-order valence-electron chi connectivity index (χ1n) is 8.94. The van der Waals surface area contributed by atoms with Gasteiger partial charge in [0.2, 0.25) is 0 Å². The summed E-state index contributed by atoms with van der Waals surface area (Å²) in [6.07, 6.45) is -0.232. The van der Waals surface area contributed by atoms with E-state index in [0.717, 1.165) is 24.5 Å². The van der Waals surface area contributed by atoms with Crippen molar-refractivity contribution in [1.29, 1.82) is 0 Å². The van der Waals surface area contributed by atoms with Crippen LogP contribution < -0.4 is 9.80 Å². The summed E-state index contributed by atoms with van der Waals surface area (Å²) >= 11 is 0. The van der Waals surface area contributed by atoms with Gasteiger partial charge in [-0.05, 0) is 44.2 Å². The van der Waals surface area contributed by atoms with E-state index < -0.39 is 4.92 Å². The molecule has 0 saturated carbocycles. The van der Waals surface area contributed by atoms with Crippen LogP contribution in [-0.4, -0.2) is 18.0 Å². The Hall–Kier alpha value is -3.28. The van der Waals surface area contributed by atoms with Gasteiger partial charge in [0.05, 0.1) is 6.07 Å². The Morgan fingerprint density at radius 2 is 1.33 bits per heavy atom. The summed E-state index contributed by atoms with van der Waals surface area (Å²) in [7, 11) is 0. The molecule has 2 heterocycles. The fourth-order valence-electron chi connectivity index (χ4n) is 3.53. The van der Waals surface area contributed by atoms with Crippen LogP contribution in [0.4, 0.5) is 17.3 Å². The minimum atomic E-state index is -0.495. The van der Waals surface area contributed by atoms with Gasteiger partial charge in [-0.25, -0.2) is 0 Å². The third-order valence-electron chi connectivity index (χ3n) is 4.95. The Labute approximate surface area is 157 Å². The van der Waals surface area contributed by atoms with Crippen molar-refractivity contribution in [2.75, 3.05) is 22.9 Å². The third kappa shape index (κ3) is 3.26. The standard InChI is InChI=1S/C21H21N3O3/c1-15-3-7-17(8-4-15)22-13-14-23(18-9-5-16(2)6-10-18)21(22)19-11-12-20(27-19)24(25)26/h3-12,21H,13-14H2,1-2H3. The predicted octanol–water partition coefficient (Wildman–Crippen LogP) is 4.83. The maximum absolute atomic E-state index is 11.1. The maximum atomic E-state index is 11.1. The lowest BCUT2D eigenvalue weighted by Gasteiger charge is -2.31. The van der Waals surface area contributed by atoms with E-state index in [1.165, 1.54) is 17.2 Å². The van der Waals surface area contributed by atoms with E-state index in [1.807, 2.05) is 0 Å². The summed E-state index contributed by atoms with van der Waals surface area (Å²) in [5, 5.41) is 11.1. The average molecular weight is 363 g/mol. The van der Waals surface area contributed by atoms with Crippen LogP contribution in [0.5, 0.6) is 0 Å². The van der Waals surface area contributed by atoms with Crippen LogP contribution in [0, 0.1) is 24.0 Å². The number of benzene rings is 2. The van der Waals surface area contributed by atoms with E-state index in [4.69, 9.17) is 4.42 Å². The van der Waals surface area contributed by atoms with Crippen LogP contribution in [0.25, 0.3) is 0 Å². The molecule has 0 radical (unpaired) electrons. The van der Waals surface area contributed by atoms with Gasteiger partial charge >= 0.3 is 5.88 Å². The number of rotatable bonds is 4. The van der Waals surface area contributed by atoms with Crippen LogP contribution in [0.15, 0.2) is 65.1 Å². The van der Waals surface area contributed by atoms with Gasteiger partial charge in [-0.3, -0.25) is 10.1 Å². The van der Waals surface area contributed by atoms with Crippen molar-refractivity contribution in [2.24, 2.45) is 0 Å². The average Bonchev–Trinajstić information content (AvgIpc) is 3.30. The summed E-state index contributed by atoms with van der Waals surface area (Å²) in [5.41, 5.74) is 4.52. The molecule has 4 rings (SSSR count).